The number of rotatable bonds is 2. The molecular formula is C14H18BrNO2. The maximum atomic E-state index is 6.49. The average molecular weight is 312 g/mol. The highest BCUT2D eigenvalue weighted by molar-refractivity contribution is 9.10. The van der Waals surface area contributed by atoms with Crippen LogP contribution in [0.4, 0.5) is 0 Å². The standard InChI is InChI=1S/C14H18BrNO2/c1-2-9-10(14(16)4-3-5-14)8-11(15)13-12(9)17-6-7-18-13/h8H,2-7,16H2,1H3. The number of nitrogens with two attached hydrogens (primary N) is 1. The van der Waals surface area contributed by atoms with Crippen molar-refractivity contribution < 1.29 is 9.47 Å². The maximum absolute atomic E-state index is 6.49. The van der Waals surface area contributed by atoms with Crippen LogP contribution in [0.25, 0.3) is 0 Å². The number of hydrogen-bond acceptors (Lipinski definition) is 3. The summed E-state index contributed by atoms with van der Waals surface area (Å²) in [5.74, 6) is 1.73. The Bertz CT molecular complexity index is 483. The molecule has 0 spiro atoms. The first-order valence-electron chi connectivity index (χ1n) is 6.56. The molecule has 3 nitrogen and oxygen atoms in total. The lowest BCUT2D eigenvalue weighted by atomic mass is 9.71. The molecule has 1 heterocycles. The molecule has 3 rings (SSSR count). The fourth-order valence-corrected chi connectivity index (χ4v) is 3.37. The second-order valence-electron chi connectivity index (χ2n) is 5.10. The molecule has 0 amide bonds. The first-order valence-corrected chi connectivity index (χ1v) is 7.35. The van der Waals surface area contributed by atoms with E-state index in [4.69, 9.17) is 15.2 Å². The third-order valence-electron chi connectivity index (χ3n) is 4.01. The van der Waals surface area contributed by atoms with Crippen LogP contribution in [0.1, 0.15) is 37.3 Å². The molecule has 0 radical (unpaired) electrons. The maximum Gasteiger partial charge on any atom is 0.175 e. The summed E-state index contributed by atoms with van der Waals surface area (Å²) in [4.78, 5) is 0. The van der Waals surface area contributed by atoms with Gasteiger partial charge in [0.15, 0.2) is 11.5 Å². The van der Waals surface area contributed by atoms with E-state index in [0.717, 1.165) is 35.2 Å². The molecule has 0 atom stereocenters. The van der Waals surface area contributed by atoms with E-state index in [0.29, 0.717) is 13.2 Å². The zero-order valence-corrected chi connectivity index (χ0v) is 12.2. The topological polar surface area (TPSA) is 44.5 Å². The van der Waals surface area contributed by atoms with Gasteiger partial charge in [-0.2, -0.15) is 0 Å². The van der Waals surface area contributed by atoms with Crippen LogP contribution in [0.5, 0.6) is 11.5 Å². The van der Waals surface area contributed by atoms with Crippen molar-refractivity contribution in [2.75, 3.05) is 13.2 Å². The smallest absolute Gasteiger partial charge is 0.175 e. The largest absolute Gasteiger partial charge is 0.486 e. The Morgan fingerprint density at radius 3 is 2.50 bits per heavy atom. The van der Waals surface area contributed by atoms with Gasteiger partial charge >= 0.3 is 0 Å². The number of fused-ring (bicyclic) bond motifs is 1. The van der Waals surface area contributed by atoms with Gasteiger partial charge in [-0.3, -0.25) is 0 Å². The van der Waals surface area contributed by atoms with Crippen LogP contribution in [0.3, 0.4) is 0 Å². The number of ether oxygens (including phenoxy) is 2. The van der Waals surface area contributed by atoms with Crippen LogP contribution in [0, 0.1) is 0 Å². The van der Waals surface area contributed by atoms with E-state index in [1.807, 2.05) is 0 Å². The molecule has 1 aromatic rings. The second kappa shape index (κ2) is 4.42. The molecule has 4 heteroatoms. The summed E-state index contributed by atoms with van der Waals surface area (Å²) in [6.07, 6.45) is 4.26. The predicted molar refractivity (Wildman–Crippen MR) is 74.2 cm³/mol. The molecule has 0 saturated heterocycles. The minimum Gasteiger partial charge on any atom is -0.486 e. The molecule has 0 unspecified atom stereocenters. The highest BCUT2D eigenvalue weighted by atomic mass is 79.9. The first kappa shape index (κ1) is 12.3. The quantitative estimate of drug-likeness (QED) is 0.912. The third-order valence-corrected chi connectivity index (χ3v) is 4.59. The van der Waals surface area contributed by atoms with Crippen molar-refractivity contribution in [3.8, 4) is 11.5 Å². The molecule has 0 aromatic heterocycles. The SMILES string of the molecule is CCc1c(C2(N)CCC2)cc(Br)c2c1OCCO2. The van der Waals surface area contributed by atoms with Gasteiger partial charge in [-0.1, -0.05) is 6.92 Å². The summed E-state index contributed by atoms with van der Waals surface area (Å²) in [7, 11) is 0. The van der Waals surface area contributed by atoms with Crippen molar-refractivity contribution in [1.29, 1.82) is 0 Å². The molecule has 98 valence electrons. The lowest BCUT2D eigenvalue weighted by Crippen LogP contribution is -2.44. The average Bonchev–Trinajstić information content (AvgIpc) is 2.36. The van der Waals surface area contributed by atoms with Crippen LogP contribution >= 0.6 is 15.9 Å². The summed E-state index contributed by atoms with van der Waals surface area (Å²) in [6, 6.07) is 2.13. The Labute approximate surface area is 116 Å². The van der Waals surface area contributed by atoms with Crippen LogP contribution in [-0.2, 0) is 12.0 Å². The number of benzene rings is 1. The van der Waals surface area contributed by atoms with E-state index in [1.54, 1.807) is 0 Å². The Hall–Kier alpha value is -0.740. The highest BCUT2D eigenvalue weighted by Gasteiger charge is 2.38. The molecule has 2 N–H and O–H groups in total. The number of halogens is 1. The summed E-state index contributed by atoms with van der Waals surface area (Å²) < 4.78 is 12.5. The van der Waals surface area contributed by atoms with Gasteiger partial charge in [0.2, 0.25) is 0 Å². The van der Waals surface area contributed by atoms with Gasteiger partial charge in [0.05, 0.1) is 4.47 Å². The van der Waals surface area contributed by atoms with Gasteiger partial charge in [-0.25, -0.2) is 0 Å². The zero-order chi connectivity index (χ0) is 12.8. The summed E-state index contributed by atoms with van der Waals surface area (Å²) in [5.41, 5.74) is 8.77. The first-order chi connectivity index (χ1) is 8.65. The molecule has 1 fully saturated rings. The lowest BCUT2D eigenvalue weighted by molar-refractivity contribution is 0.167. The van der Waals surface area contributed by atoms with Crippen molar-refractivity contribution in [3.05, 3.63) is 21.7 Å². The van der Waals surface area contributed by atoms with Crippen LogP contribution in [0.2, 0.25) is 0 Å². The van der Waals surface area contributed by atoms with Gasteiger partial charge in [-0.15, -0.1) is 0 Å². The van der Waals surface area contributed by atoms with Gasteiger partial charge in [0.1, 0.15) is 13.2 Å². The van der Waals surface area contributed by atoms with Gasteiger partial charge in [0.25, 0.3) is 0 Å². The third kappa shape index (κ3) is 1.74. The van der Waals surface area contributed by atoms with Gasteiger partial charge < -0.3 is 15.2 Å². The van der Waals surface area contributed by atoms with E-state index in [-0.39, 0.29) is 5.54 Å². The molecule has 18 heavy (non-hydrogen) atoms. The fourth-order valence-electron chi connectivity index (χ4n) is 2.84. The van der Waals surface area contributed by atoms with E-state index < -0.39 is 0 Å². The van der Waals surface area contributed by atoms with E-state index in [2.05, 4.69) is 28.9 Å². The zero-order valence-electron chi connectivity index (χ0n) is 10.6. The Balaban J connectivity index is 2.17. The van der Waals surface area contributed by atoms with Crippen molar-refractivity contribution in [3.63, 3.8) is 0 Å². The van der Waals surface area contributed by atoms with Crippen molar-refractivity contribution in [1.82, 2.24) is 0 Å². The van der Waals surface area contributed by atoms with Crippen molar-refractivity contribution in [2.24, 2.45) is 5.73 Å². The predicted octanol–water partition coefficient (Wildman–Crippen LogP) is 3.12. The Kier molecular flexibility index (Phi) is 3.02. The molecule has 1 aliphatic carbocycles. The number of hydrogen-bond donors (Lipinski definition) is 1. The van der Waals surface area contributed by atoms with Crippen molar-refractivity contribution in [2.45, 2.75) is 38.1 Å². The van der Waals surface area contributed by atoms with E-state index in [1.165, 1.54) is 17.5 Å². The van der Waals surface area contributed by atoms with Crippen molar-refractivity contribution >= 4 is 15.9 Å². The minimum absolute atomic E-state index is 0.163. The second-order valence-corrected chi connectivity index (χ2v) is 5.96. The summed E-state index contributed by atoms with van der Waals surface area (Å²) in [5, 5.41) is 0. The van der Waals surface area contributed by atoms with Gasteiger partial charge in [-0.05, 0) is 53.2 Å². The lowest BCUT2D eigenvalue weighted by Gasteiger charge is -2.41. The van der Waals surface area contributed by atoms with Crippen LogP contribution in [-0.4, -0.2) is 13.2 Å². The normalized spacial score (nSPS) is 20.4. The monoisotopic (exact) mass is 311 g/mol. The molecule has 1 aromatic carbocycles. The highest BCUT2D eigenvalue weighted by Crippen LogP contribution is 2.48. The van der Waals surface area contributed by atoms with Crippen LogP contribution in [0.15, 0.2) is 10.5 Å². The van der Waals surface area contributed by atoms with Crippen LogP contribution < -0.4 is 15.2 Å². The van der Waals surface area contributed by atoms with E-state index in [9.17, 15) is 0 Å². The van der Waals surface area contributed by atoms with Gasteiger partial charge in [0, 0.05) is 11.1 Å². The Morgan fingerprint density at radius 2 is 1.94 bits per heavy atom. The Morgan fingerprint density at radius 1 is 1.28 bits per heavy atom. The molecule has 1 saturated carbocycles. The molecule has 1 aliphatic heterocycles. The summed E-state index contributed by atoms with van der Waals surface area (Å²) >= 11 is 3.58. The molecule has 0 bridgehead atoms. The molecule has 2 aliphatic rings. The fraction of sp³-hybridized carbons (Fsp3) is 0.571. The minimum atomic E-state index is -0.163. The molecular weight excluding hydrogens is 294 g/mol. The van der Waals surface area contributed by atoms with E-state index >= 15 is 0 Å². The summed E-state index contributed by atoms with van der Waals surface area (Å²) in [6.45, 7) is 3.38.